The van der Waals surface area contributed by atoms with Gasteiger partial charge in [0, 0.05) is 24.5 Å². The zero-order valence-electron chi connectivity index (χ0n) is 12.7. The Bertz CT molecular complexity index is 656. The number of hydrogen-bond acceptors (Lipinski definition) is 4. The Hall–Kier alpha value is -2.69. The third-order valence-electron chi connectivity index (χ3n) is 3.38. The number of nitrogens with zero attached hydrogens (tertiary/aromatic N) is 2. The van der Waals surface area contributed by atoms with Gasteiger partial charge in [-0.05, 0) is 30.2 Å². The summed E-state index contributed by atoms with van der Waals surface area (Å²) in [5.41, 5.74) is 2.56. The SMILES string of the molecule is COC(=O)CN(Cc1ccccc1C)C(=O)c1ccncc1. The molecule has 0 atom stereocenters. The van der Waals surface area contributed by atoms with Gasteiger partial charge in [-0.2, -0.15) is 0 Å². The van der Waals surface area contributed by atoms with Crippen molar-refractivity contribution in [3.05, 3.63) is 65.5 Å². The van der Waals surface area contributed by atoms with Gasteiger partial charge in [-0.15, -0.1) is 0 Å². The molecule has 5 nitrogen and oxygen atoms in total. The number of aromatic nitrogens is 1. The Labute approximate surface area is 129 Å². The lowest BCUT2D eigenvalue weighted by Gasteiger charge is -2.22. The molecule has 1 amide bonds. The van der Waals surface area contributed by atoms with Crippen molar-refractivity contribution in [3.63, 3.8) is 0 Å². The fourth-order valence-corrected chi connectivity index (χ4v) is 2.09. The minimum absolute atomic E-state index is 0.0913. The van der Waals surface area contributed by atoms with Gasteiger partial charge in [0.15, 0.2) is 0 Å². The highest BCUT2D eigenvalue weighted by Crippen LogP contribution is 2.13. The summed E-state index contributed by atoms with van der Waals surface area (Å²) in [7, 11) is 1.31. The quantitative estimate of drug-likeness (QED) is 0.794. The van der Waals surface area contributed by atoms with Crippen LogP contribution < -0.4 is 0 Å². The zero-order chi connectivity index (χ0) is 15.9. The number of rotatable bonds is 5. The van der Waals surface area contributed by atoms with E-state index in [2.05, 4.69) is 9.72 Å². The molecule has 0 unspecified atom stereocenters. The van der Waals surface area contributed by atoms with Crippen molar-refractivity contribution < 1.29 is 14.3 Å². The summed E-state index contributed by atoms with van der Waals surface area (Å²) in [6.07, 6.45) is 3.11. The van der Waals surface area contributed by atoms with Crippen molar-refractivity contribution in [1.29, 1.82) is 0 Å². The van der Waals surface area contributed by atoms with Gasteiger partial charge in [-0.25, -0.2) is 0 Å². The summed E-state index contributed by atoms with van der Waals surface area (Å²) < 4.78 is 4.69. The van der Waals surface area contributed by atoms with Gasteiger partial charge < -0.3 is 9.64 Å². The lowest BCUT2D eigenvalue weighted by molar-refractivity contribution is -0.141. The fourth-order valence-electron chi connectivity index (χ4n) is 2.09. The smallest absolute Gasteiger partial charge is 0.325 e. The summed E-state index contributed by atoms with van der Waals surface area (Å²) in [6, 6.07) is 11.0. The van der Waals surface area contributed by atoms with E-state index in [1.54, 1.807) is 24.5 Å². The topological polar surface area (TPSA) is 59.5 Å². The van der Waals surface area contributed by atoms with Crippen LogP contribution >= 0.6 is 0 Å². The second kappa shape index (κ2) is 7.36. The van der Waals surface area contributed by atoms with E-state index in [1.165, 1.54) is 12.0 Å². The number of esters is 1. The predicted molar refractivity (Wildman–Crippen MR) is 82.2 cm³/mol. The highest BCUT2D eigenvalue weighted by atomic mass is 16.5. The second-order valence-corrected chi connectivity index (χ2v) is 4.90. The van der Waals surface area contributed by atoms with Crippen molar-refractivity contribution in [2.75, 3.05) is 13.7 Å². The molecule has 0 radical (unpaired) electrons. The van der Waals surface area contributed by atoms with Gasteiger partial charge in [0.1, 0.15) is 6.54 Å². The van der Waals surface area contributed by atoms with Crippen LogP contribution in [0, 0.1) is 6.92 Å². The molecule has 0 spiro atoms. The molecule has 1 aromatic carbocycles. The van der Waals surface area contributed by atoms with E-state index in [1.807, 2.05) is 31.2 Å². The third kappa shape index (κ3) is 3.91. The molecule has 114 valence electrons. The van der Waals surface area contributed by atoms with Crippen LogP contribution in [0.4, 0.5) is 0 Å². The Kier molecular flexibility index (Phi) is 5.25. The number of methoxy groups -OCH3 is 1. The molecule has 0 N–H and O–H groups in total. The lowest BCUT2D eigenvalue weighted by atomic mass is 10.1. The number of hydrogen-bond donors (Lipinski definition) is 0. The van der Waals surface area contributed by atoms with E-state index in [0.717, 1.165) is 11.1 Å². The highest BCUT2D eigenvalue weighted by molar-refractivity contribution is 5.95. The first kappa shape index (κ1) is 15.7. The summed E-state index contributed by atoms with van der Waals surface area (Å²) in [6.45, 7) is 2.23. The average Bonchev–Trinajstić information content (AvgIpc) is 2.56. The summed E-state index contributed by atoms with van der Waals surface area (Å²) in [4.78, 5) is 29.6. The van der Waals surface area contributed by atoms with Gasteiger partial charge in [0.05, 0.1) is 7.11 Å². The molecule has 5 heteroatoms. The molecule has 0 saturated carbocycles. The standard InChI is InChI=1S/C17H18N2O3/c1-13-5-3-4-6-15(13)11-19(12-16(20)22-2)17(21)14-7-9-18-10-8-14/h3-10H,11-12H2,1-2H3. The van der Waals surface area contributed by atoms with Gasteiger partial charge >= 0.3 is 5.97 Å². The van der Waals surface area contributed by atoms with Gasteiger partial charge in [0.25, 0.3) is 5.91 Å². The van der Waals surface area contributed by atoms with Crippen molar-refractivity contribution in [2.45, 2.75) is 13.5 Å². The van der Waals surface area contributed by atoms with Crippen molar-refractivity contribution in [3.8, 4) is 0 Å². The van der Waals surface area contributed by atoms with E-state index in [9.17, 15) is 9.59 Å². The zero-order valence-corrected chi connectivity index (χ0v) is 12.7. The number of ether oxygens (including phenoxy) is 1. The van der Waals surface area contributed by atoms with Crippen LogP contribution in [0.1, 0.15) is 21.5 Å². The number of pyridine rings is 1. The van der Waals surface area contributed by atoms with Crippen LogP contribution in [0.25, 0.3) is 0 Å². The fraction of sp³-hybridized carbons (Fsp3) is 0.235. The number of benzene rings is 1. The van der Waals surface area contributed by atoms with Crippen molar-refractivity contribution >= 4 is 11.9 Å². The van der Waals surface area contributed by atoms with Crippen molar-refractivity contribution in [2.24, 2.45) is 0 Å². The maximum absolute atomic E-state index is 12.6. The largest absolute Gasteiger partial charge is 0.468 e. The maximum atomic E-state index is 12.6. The molecule has 0 aliphatic rings. The normalized spacial score (nSPS) is 10.1. The van der Waals surface area contributed by atoms with Gasteiger partial charge in [-0.1, -0.05) is 24.3 Å². The first-order valence-electron chi connectivity index (χ1n) is 6.92. The van der Waals surface area contributed by atoms with E-state index in [-0.39, 0.29) is 12.5 Å². The molecule has 2 aromatic rings. The van der Waals surface area contributed by atoms with Crippen LogP contribution in [0.15, 0.2) is 48.8 Å². The molecule has 22 heavy (non-hydrogen) atoms. The average molecular weight is 298 g/mol. The highest BCUT2D eigenvalue weighted by Gasteiger charge is 2.20. The molecular weight excluding hydrogens is 280 g/mol. The van der Waals surface area contributed by atoms with Crippen LogP contribution in [0.3, 0.4) is 0 Å². The molecule has 2 rings (SSSR count). The number of carbonyl (C=O) groups is 2. The van der Waals surface area contributed by atoms with Gasteiger partial charge in [-0.3, -0.25) is 14.6 Å². The summed E-state index contributed by atoms with van der Waals surface area (Å²) in [5.74, 6) is -0.674. The Morgan fingerprint density at radius 1 is 1.14 bits per heavy atom. The van der Waals surface area contributed by atoms with E-state index in [0.29, 0.717) is 12.1 Å². The maximum Gasteiger partial charge on any atom is 0.325 e. The molecular formula is C17H18N2O3. The number of aryl methyl sites for hydroxylation is 1. The Balaban J connectivity index is 2.25. The van der Waals surface area contributed by atoms with E-state index >= 15 is 0 Å². The molecule has 0 aliphatic heterocycles. The van der Waals surface area contributed by atoms with Crippen LogP contribution in [-0.2, 0) is 16.1 Å². The Morgan fingerprint density at radius 2 is 1.82 bits per heavy atom. The first-order valence-corrected chi connectivity index (χ1v) is 6.92. The predicted octanol–water partition coefficient (Wildman–Crippen LogP) is 2.21. The monoisotopic (exact) mass is 298 g/mol. The molecule has 0 saturated heterocycles. The number of amides is 1. The summed E-state index contributed by atoms with van der Waals surface area (Å²) >= 11 is 0. The number of carbonyl (C=O) groups excluding carboxylic acids is 2. The molecule has 0 aliphatic carbocycles. The lowest BCUT2D eigenvalue weighted by Crippen LogP contribution is -2.36. The van der Waals surface area contributed by atoms with Crippen LogP contribution in [-0.4, -0.2) is 35.4 Å². The first-order chi connectivity index (χ1) is 10.6. The molecule has 1 aromatic heterocycles. The van der Waals surface area contributed by atoms with Gasteiger partial charge in [0.2, 0.25) is 0 Å². The molecule has 0 bridgehead atoms. The van der Waals surface area contributed by atoms with Crippen LogP contribution in [0.5, 0.6) is 0 Å². The summed E-state index contributed by atoms with van der Waals surface area (Å²) in [5, 5.41) is 0. The van der Waals surface area contributed by atoms with Crippen molar-refractivity contribution in [1.82, 2.24) is 9.88 Å². The second-order valence-electron chi connectivity index (χ2n) is 4.90. The molecule has 1 heterocycles. The van der Waals surface area contributed by atoms with E-state index < -0.39 is 5.97 Å². The minimum Gasteiger partial charge on any atom is -0.468 e. The third-order valence-corrected chi connectivity index (χ3v) is 3.38. The van der Waals surface area contributed by atoms with E-state index in [4.69, 9.17) is 0 Å². The van der Waals surface area contributed by atoms with Crippen LogP contribution in [0.2, 0.25) is 0 Å². The molecule has 0 fully saturated rings. The minimum atomic E-state index is -0.448. The Morgan fingerprint density at radius 3 is 2.45 bits per heavy atom.